The van der Waals surface area contributed by atoms with Crippen LogP contribution in [0.25, 0.3) is 11.0 Å². The Balaban J connectivity index is 2.36. The van der Waals surface area contributed by atoms with Gasteiger partial charge in [-0.25, -0.2) is 4.98 Å². The zero-order valence-electron chi connectivity index (χ0n) is 7.83. The van der Waals surface area contributed by atoms with E-state index in [1.165, 1.54) is 0 Å². The first kappa shape index (κ1) is 8.57. The van der Waals surface area contributed by atoms with Crippen molar-refractivity contribution in [2.45, 2.75) is 6.92 Å². The normalized spacial score (nSPS) is 10.0. The molecular weight excluding hydrogens is 176 g/mol. The van der Waals surface area contributed by atoms with Crippen molar-refractivity contribution in [1.82, 2.24) is 9.97 Å². The van der Waals surface area contributed by atoms with Crippen molar-refractivity contribution >= 4 is 16.7 Å². The smallest absolute Gasteiger partial charge is 0.104 e. The Labute approximate surface area is 81.6 Å². The molecule has 0 amide bonds. The maximum absolute atomic E-state index is 8.41. The highest BCUT2D eigenvalue weighted by molar-refractivity contribution is 5.79. The Bertz CT molecular complexity index is 492. The molecule has 2 N–H and O–H groups in total. The molecule has 70 valence electrons. The van der Waals surface area contributed by atoms with Gasteiger partial charge in [0.15, 0.2) is 0 Å². The average molecular weight is 186 g/mol. The molecule has 0 spiro atoms. The molecular formula is C10H10N4. The predicted molar refractivity (Wildman–Crippen MR) is 54.9 cm³/mol. The largest absolute Gasteiger partial charge is 0.372 e. The van der Waals surface area contributed by atoms with Gasteiger partial charge < -0.3 is 10.3 Å². The molecule has 0 radical (unpaired) electrons. The second kappa shape index (κ2) is 3.38. The summed E-state index contributed by atoms with van der Waals surface area (Å²) in [5.74, 6) is 0.900. The van der Waals surface area contributed by atoms with E-state index in [0.29, 0.717) is 6.54 Å². The monoisotopic (exact) mass is 186 g/mol. The quantitative estimate of drug-likeness (QED) is 0.703. The minimum absolute atomic E-state index is 0.318. The summed E-state index contributed by atoms with van der Waals surface area (Å²) in [4.78, 5) is 7.43. The molecule has 1 aromatic carbocycles. The van der Waals surface area contributed by atoms with Crippen LogP contribution < -0.4 is 5.32 Å². The molecule has 0 saturated carbocycles. The number of aromatic amines is 1. The lowest BCUT2D eigenvalue weighted by molar-refractivity contribution is 1.17. The van der Waals surface area contributed by atoms with Crippen LogP contribution in [-0.2, 0) is 0 Å². The summed E-state index contributed by atoms with van der Waals surface area (Å²) in [5.41, 5.74) is 2.87. The Morgan fingerprint density at radius 1 is 1.57 bits per heavy atom. The number of fused-ring (bicyclic) bond motifs is 1. The van der Waals surface area contributed by atoms with Crippen molar-refractivity contribution in [1.29, 1.82) is 5.26 Å². The van der Waals surface area contributed by atoms with E-state index in [4.69, 9.17) is 5.26 Å². The molecule has 0 aliphatic carbocycles. The van der Waals surface area contributed by atoms with E-state index in [0.717, 1.165) is 22.5 Å². The molecule has 0 saturated heterocycles. The van der Waals surface area contributed by atoms with E-state index in [2.05, 4.69) is 15.3 Å². The number of rotatable bonds is 2. The molecule has 0 fully saturated rings. The second-order valence-corrected chi connectivity index (χ2v) is 3.07. The molecule has 2 rings (SSSR count). The van der Waals surface area contributed by atoms with Gasteiger partial charge in [-0.05, 0) is 25.1 Å². The summed E-state index contributed by atoms with van der Waals surface area (Å²) in [6.07, 6.45) is 0. The van der Waals surface area contributed by atoms with Gasteiger partial charge in [0, 0.05) is 5.69 Å². The van der Waals surface area contributed by atoms with Gasteiger partial charge in [-0.3, -0.25) is 0 Å². The number of hydrogen-bond donors (Lipinski definition) is 2. The molecule has 4 heteroatoms. The molecule has 14 heavy (non-hydrogen) atoms. The Kier molecular flexibility index (Phi) is 2.07. The van der Waals surface area contributed by atoms with Gasteiger partial charge in [-0.1, -0.05) is 0 Å². The highest BCUT2D eigenvalue weighted by atomic mass is 14.9. The van der Waals surface area contributed by atoms with Gasteiger partial charge in [0.25, 0.3) is 0 Å². The first-order valence-corrected chi connectivity index (χ1v) is 4.37. The van der Waals surface area contributed by atoms with E-state index in [-0.39, 0.29) is 0 Å². The van der Waals surface area contributed by atoms with Crippen LogP contribution in [-0.4, -0.2) is 16.5 Å². The van der Waals surface area contributed by atoms with Crippen molar-refractivity contribution in [3.05, 3.63) is 24.0 Å². The van der Waals surface area contributed by atoms with Gasteiger partial charge in [-0.2, -0.15) is 5.26 Å². The van der Waals surface area contributed by atoms with Crippen LogP contribution in [0, 0.1) is 18.3 Å². The highest BCUT2D eigenvalue weighted by Crippen LogP contribution is 2.16. The molecule has 0 bridgehead atoms. The Hall–Kier alpha value is -2.02. The van der Waals surface area contributed by atoms with Crippen molar-refractivity contribution in [3.63, 3.8) is 0 Å². The third-order valence-electron chi connectivity index (χ3n) is 1.97. The third-order valence-corrected chi connectivity index (χ3v) is 1.97. The summed E-state index contributed by atoms with van der Waals surface area (Å²) >= 11 is 0. The van der Waals surface area contributed by atoms with E-state index in [1.54, 1.807) is 0 Å². The van der Waals surface area contributed by atoms with Crippen LogP contribution in [0.3, 0.4) is 0 Å². The summed E-state index contributed by atoms with van der Waals surface area (Å²) in [7, 11) is 0. The fourth-order valence-corrected chi connectivity index (χ4v) is 1.39. The van der Waals surface area contributed by atoms with Gasteiger partial charge in [0.1, 0.15) is 12.4 Å². The van der Waals surface area contributed by atoms with Gasteiger partial charge in [0.05, 0.1) is 17.1 Å². The lowest BCUT2D eigenvalue weighted by Gasteiger charge is -1.99. The zero-order valence-corrected chi connectivity index (χ0v) is 7.83. The number of nitrogens with one attached hydrogen (secondary N) is 2. The van der Waals surface area contributed by atoms with Crippen molar-refractivity contribution in [2.75, 3.05) is 11.9 Å². The maximum Gasteiger partial charge on any atom is 0.104 e. The number of nitrogens with zero attached hydrogens (tertiary/aromatic N) is 2. The molecule has 1 heterocycles. The average Bonchev–Trinajstić information content (AvgIpc) is 2.54. The lowest BCUT2D eigenvalue weighted by atomic mass is 10.3. The highest BCUT2D eigenvalue weighted by Gasteiger charge is 1.99. The molecule has 0 unspecified atom stereocenters. The molecule has 2 aromatic rings. The standard InChI is InChI=1S/C10H10N4/c1-7-13-9-3-2-8(12-5-4-11)6-10(9)14-7/h2-3,6,12H,5H2,1H3,(H,13,14). The third kappa shape index (κ3) is 1.52. The zero-order chi connectivity index (χ0) is 9.97. The molecule has 1 aromatic heterocycles. The van der Waals surface area contributed by atoms with Crippen LogP contribution in [0.4, 0.5) is 5.69 Å². The van der Waals surface area contributed by atoms with Gasteiger partial charge in [0.2, 0.25) is 0 Å². The molecule has 0 aliphatic rings. The minimum atomic E-state index is 0.318. The van der Waals surface area contributed by atoms with Crippen molar-refractivity contribution in [2.24, 2.45) is 0 Å². The Morgan fingerprint density at radius 2 is 2.43 bits per heavy atom. The second-order valence-electron chi connectivity index (χ2n) is 3.07. The summed E-state index contributed by atoms with van der Waals surface area (Å²) in [6, 6.07) is 7.83. The SMILES string of the molecule is Cc1nc2ccc(NCC#N)cc2[nH]1. The van der Waals surface area contributed by atoms with E-state index in [9.17, 15) is 0 Å². The molecule has 4 nitrogen and oxygen atoms in total. The Morgan fingerprint density at radius 3 is 3.21 bits per heavy atom. The van der Waals surface area contributed by atoms with Crippen LogP contribution in [0.2, 0.25) is 0 Å². The van der Waals surface area contributed by atoms with E-state index >= 15 is 0 Å². The van der Waals surface area contributed by atoms with Crippen molar-refractivity contribution in [3.8, 4) is 6.07 Å². The number of benzene rings is 1. The van der Waals surface area contributed by atoms with Crippen LogP contribution >= 0.6 is 0 Å². The van der Waals surface area contributed by atoms with Crippen molar-refractivity contribution < 1.29 is 0 Å². The number of anilines is 1. The lowest BCUT2D eigenvalue weighted by Crippen LogP contribution is -1.97. The number of aryl methyl sites for hydroxylation is 1. The van der Waals surface area contributed by atoms with E-state index < -0.39 is 0 Å². The number of aromatic nitrogens is 2. The fraction of sp³-hybridized carbons (Fsp3) is 0.200. The first-order valence-electron chi connectivity index (χ1n) is 4.37. The summed E-state index contributed by atoms with van der Waals surface area (Å²) in [6.45, 7) is 2.24. The van der Waals surface area contributed by atoms with Gasteiger partial charge >= 0.3 is 0 Å². The molecule has 0 aliphatic heterocycles. The summed E-state index contributed by atoms with van der Waals surface area (Å²) in [5, 5.41) is 11.4. The number of hydrogen-bond acceptors (Lipinski definition) is 3. The van der Waals surface area contributed by atoms with Crippen LogP contribution in [0.1, 0.15) is 5.82 Å². The summed E-state index contributed by atoms with van der Waals surface area (Å²) < 4.78 is 0. The number of nitriles is 1. The fourth-order valence-electron chi connectivity index (χ4n) is 1.39. The minimum Gasteiger partial charge on any atom is -0.372 e. The topological polar surface area (TPSA) is 64.5 Å². The number of H-pyrrole nitrogens is 1. The van der Waals surface area contributed by atoms with Crippen LogP contribution in [0.15, 0.2) is 18.2 Å². The number of imidazole rings is 1. The van der Waals surface area contributed by atoms with Crippen LogP contribution in [0.5, 0.6) is 0 Å². The first-order chi connectivity index (χ1) is 6.79. The predicted octanol–water partition coefficient (Wildman–Crippen LogP) is 1.81. The van der Waals surface area contributed by atoms with Gasteiger partial charge in [-0.15, -0.1) is 0 Å². The van der Waals surface area contributed by atoms with E-state index in [1.807, 2.05) is 31.2 Å². The maximum atomic E-state index is 8.41. The molecule has 0 atom stereocenters.